The molecule has 0 amide bonds. The predicted octanol–water partition coefficient (Wildman–Crippen LogP) is 1.22. The van der Waals surface area contributed by atoms with E-state index in [9.17, 15) is 0 Å². The maximum atomic E-state index is 5.53. The van der Waals surface area contributed by atoms with Crippen molar-refractivity contribution >= 4 is 17.3 Å². The zero-order valence-corrected chi connectivity index (χ0v) is 6.17. The van der Waals surface area contributed by atoms with Gasteiger partial charge in [0.25, 0.3) is 0 Å². The van der Waals surface area contributed by atoms with Crippen molar-refractivity contribution in [2.24, 2.45) is 0 Å². The molecule has 0 saturated heterocycles. The molecule has 0 bridgehead atoms. The molecule has 0 aliphatic carbocycles. The highest BCUT2D eigenvalue weighted by molar-refractivity contribution is 6.29. The Kier molecular flexibility index (Phi) is 1.97. The first-order valence-electron chi connectivity index (χ1n) is 2.79. The van der Waals surface area contributed by atoms with Crippen molar-refractivity contribution < 1.29 is 0 Å². The number of nitrogens with two attached hydrogens (primary N) is 1. The summed E-state index contributed by atoms with van der Waals surface area (Å²) in [5.41, 5.74) is 6.04. The Bertz CT molecular complexity index is 241. The second-order valence-electron chi connectivity index (χ2n) is 1.99. The molecule has 0 radical (unpaired) electrons. The number of hydrogen-bond acceptors (Lipinski definition) is 2. The van der Waals surface area contributed by atoms with E-state index in [1.54, 1.807) is 17.1 Å². The number of nitrogens with zero attached hydrogens (tertiary/aromatic N) is 2. The third kappa shape index (κ3) is 1.77. The minimum atomic E-state index is 0.513. The van der Waals surface area contributed by atoms with Crippen LogP contribution in [0.5, 0.6) is 0 Å². The molecular formula is C6H8ClN3. The van der Waals surface area contributed by atoms with E-state index >= 15 is 0 Å². The standard InChI is InChI=1S/C6H8ClN3/c1-5(7)3-10-4-6(8)2-9-10/h2,4H,1,3,8H2. The first-order valence-corrected chi connectivity index (χ1v) is 3.17. The second kappa shape index (κ2) is 2.75. The van der Waals surface area contributed by atoms with Crippen LogP contribution in [0.1, 0.15) is 0 Å². The fraction of sp³-hybridized carbons (Fsp3) is 0.167. The summed E-state index contributed by atoms with van der Waals surface area (Å²) < 4.78 is 1.63. The van der Waals surface area contributed by atoms with Crippen molar-refractivity contribution in [3.63, 3.8) is 0 Å². The van der Waals surface area contributed by atoms with E-state index in [1.807, 2.05) is 0 Å². The molecule has 1 rings (SSSR count). The molecule has 1 heterocycles. The lowest BCUT2D eigenvalue weighted by Crippen LogP contribution is -1.96. The molecule has 0 aliphatic heterocycles. The second-order valence-corrected chi connectivity index (χ2v) is 2.52. The van der Waals surface area contributed by atoms with Crippen LogP contribution in [0.4, 0.5) is 5.69 Å². The van der Waals surface area contributed by atoms with E-state index in [1.165, 1.54) is 0 Å². The van der Waals surface area contributed by atoms with Crippen LogP contribution in [0, 0.1) is 0 Å². The molecule has 0 atom stereocenters. The van der Waals surface area contributed by atoms with Crippen LogP contribution in [0.2, 0.25) is 0 Å². The summed E-state index contributed by atoms with van der Waals surface area (Å²) in [7, 11) is 0. The third-order valence-corrected chi connectivity index (χ3v) is 1.11. The summed E-state index contributed by atoms with van der Waals surface area (Å²) in [6.45, 7) is 4.04. The van der Waals surface area contributed by atoms with Gasteiger partial charge in [-0.1, -0.05) is 18.2 Å². The molecule has 0 unspecified atom stereocenters. The van der Waals surface area contributed by atoms with Crippen molar-refractivity contribution in [3.8, 4) is 0 Å². The van der Waals surface area contributed by atoms with Crippen molar-refractivity contribution in [1.29, 1.82) is 0 Å². The summed E-state index contributed by atoms with van der Waals surface area (Å²) in [6, 6.07) is 0. The Morgan fingerprint density at radius 3 is 3.00 bits per heavy atom. The average molecular weight is 158 g/mol. The van der Waals surface area contributed by atoms with Gasteiger partial charge in [-0.15, -0.1) is 0 Å². The highest BCUT2D eigenvalue weighted by Gasteiger charge is 1.93. The topological polar surface area (TPSA) is 43.8 Å². The van der Waals surface area contributed by atoms with Crippen LogP contribution in [0.25, 0.3) is 0 Å². The lowest BCUT2D eigenvalue weighted by Gasteiger charge is -1.95. The molecule has 3 nitrogen and oxygen atoms in total. The molecule has 0 saturated carbocycles. The molecule has 0 spiro atoms. The van der Waals surface area contributed by atoms with Crippen molar-refractivity contribution in [2.45, 2.75) is 6.54 Å². The van der Waals surface area contributed by atoms with E-state index in [-0.39, 0.29) is 0 Å². The fourth-order valence-corrected chi connectivity index (χ4v) is 0.764. The molecule has 2 N–H and O–H groups in total. The smallest absolute Gasteiger partial charge is 0.0760 e. The van der Waals surface area contributed by atoms with Gasteiger partial charge < -0.3 is 5.73 Å². The van der Waals surface area contributed by atoms with Crippen LogP contribution in [-0.4, -0.2) is 9.78 Å². The maximum absolute atomic E-state index is 5.53. The van der Waals surface area contributed by atoms with Crippen LogP contribution in [0.3, 0.4) is 0 Å². The van der Waals surface area contributed by atoms with Gasteiger partial charge in [0.05, 0.1) is 18.4 Å². The number of aromatic nitrogens is 2. The summed E-state index contributed by atoms with van der Waals surface area (Å²) in [6.07, 6.45) is 3.27. The number of halogens is 1. The Balaban J connectivity index is 2.67. The largest absolute Gasteiger partial charge is 0.396 e. The van der Waals surface area contributed by atoms with Crippen LogP contribution in [-0.2, 0) is 6.54 Å². The lowest BCUT2D eigenvalue weighted by atomic mass is 10.6. The maximum Gasteiger partial charge on any atom is 0.0760 e. The molecule has 1 aromatic heterocycles. The number of nitrogen functional groups attached to an aromatic ring is 1. The van der Waals surface area contributed by atoms with E-state index in [0.717, 1.165) is 0 Å². The number of rotatable bonds is 2. The SMILES string of the molecule is C=C(Cl)Cn1cc(N)cn1. The van der Waals surface area contributed by atoms with Gasteiger partial charge in [-0.25, -0.2) is 0 Å². The third-order valence-electron chi connectivity index (χ3n) is 0.987. The Morgan fingerprint density at radius 1 is 1.90 bits per heavy atom. The van der Waals surface area contributed by atoms with Crippen molar-refractivity contribution in [1.82, 2.24) is 9.78 Å². The van der Waals surface area contributed by atoms with Crippen molar-refractivity contribution in [2.75, 3.05) is 5.73 Å². The Morgan fingerprint density at radius 2 is 2.60 bits per heavy atom. The highest BCUT2D eigenvalue weighted by atomic mass is 35.5. The summed E-state index contributed by atoms with van der Waals surface area (Å²) in [5.74, 6) is 0. The molecule has 0 fully saturated rings. The summed E-state index contributed by atoms with van der Waals surface area (Å²) in [4.78, 5) is 0. The van der Waals surface area contributed by atoms with E-state index < -0.39 is 0 Å². The first kappa shape index (κ1) is 7.15. The van der Waals surface area contributed by atoms with E-state index in [0.29, 0.717) is 17.3 Å². The van der Waals surface area contributed by atoms with Crippen molar-refractivity contribution in [3.05, 3.63) is 24.0 Å². The van der Waals surface area contributed by atoms with Crippen LogP contribution >= 0.6 is 11.6 Å². The van der Waals surface area contributed by atoms with Gasteiger partial charge in [0.2, 0.25) is 0 Å². The number of hydrogen-bond donors (Lipinski definition) is 1. The fourth-order valence-electron chi connectivity index (χ4n) is 0.642. The molecule has 54 valence electrons. The lowest BCUT2D eigenvalue weighted by molar-refractivity contribution is 0.696. The van der Waals surface area contributed by atoms with Crippen LogP contribution < -0.4 is 5.73 Å². The predicted molar refractivity (Wildman–Crippen MR) is 41.6 cm³/mol. The van der Waals surface area contributed by atoms with Gasteiger partial charge >= 0.3 is 0 Å². The van der Waals surface area contributed by atoms with E-state index in [4.69, 9.17) is 17.3 Å². The quantitative estimate of drug-likeness (QED) is 0.702. The normalized spacial score (nSPS) is 9.70. The molecule has 4 heteroatoms. The zero-order valence-electron chi connectivity index (χ0n) is 5.42. The van der Waals surface area contributed by atoms with Gasteiger partial charge in [0.15, 0.2) is 0 Å². The van der Waals surface area contributed by atoms with Gasteiger partial charge in [-0.3, -0.25) is 4.68 Å². The number of anilines is 1. The van der Waals surface area contributed by atoms with Gasteiger partial charge in [-0.05, 0) is 0 Å². The van der Waals surface area contributed by atoms with E-state index in [2.05, 4.69) is 11.7 Å². The number of allylic oxidation sites excluding steroid dienone is 1. The minimum absolute atomic E-state index is 0.513. The molecule has 0 aliphatic rings. The molecular weight excluding hydrogens is 150 g/mol. The highest BCUT2D eigenvalue weighted by Crippen LogP contribution is 2.03. The summed E-state index contributed by atoms with van der Waals surface area (Å²) in [5, 5.41) is 4.45. The van der Waals surface area contributed by atoms with Crippen LogP contribution in [0.15, 0.2) is 24.0 Å². The first-order chi connectivity index (χ1) is 4.68. The summed E-state index contributed by atoms with van der Waals surface area (Å²) >= 11 is 5.53. The van der Waals surface area contributed by atoms with Gasteiger partial charge in [0.1, 0.15) is 0 Å². The Labute approximate surface area is 64.1 Å². The zero-order chi connectivity index (χ0) is 7.56. The molecule has 1 aromatic rings. The monoisotopic (exact) mass is 157 g/mol. The van der Waals surface area contributed by atoms with Gasteiger partial charge in [-0.2, -0.15) is 5.10 Å². The Hall–Kier alpha value is -0.960. The molecule has 10 heavy (non-hydrogen) atoms. The minimum Gasteiger partial charge on any atom is -0.396 e. The average Bonchev–Trinajstić information content (AvgIpc) is 2.13. The molecule has 0 aromatic carbocycles. The van der Waals surface area contributed by atoms with Gasteiger partial charge in [0, 0.05) is 11.2 Å².